The van der Waals surface area contributed by atoms with E-state index < -0.39 is 11.6 Å². The Morgan fingerprint density at radius 3 is 2.83 bits per heavy atom. The van der Waals surface area contributed by atoms with E-state index in [0.717, 1.165) is 48.6 Å². The summed E-state index contributed by atoms with van der Waals surface area (Å²) in [6.45, 7) is 6.05. The number of ether oxygens (including phenoxy) is 1. The normalized spacial score (nSPS) is 15.1. The number of carbonyl (C=O) groups is 1. The number of carbonyl (C=O) groups excluding carboxylic acids is 1. The molecule has 7 nitrogen and oxygen atoms in total. The molecule has 0 bridgehead atoms. The number of aromatic nitrogens is 3. The minimum absolute atomic E-state index is 0.0662. The third kappa shape index (κ3) is 4.42. The number of morpholine rings is 1. The predicted octanol–water partition coefficient (Wildman–Crippen LogP) is 3.10. The van der Waals surface area contributed by atoms with Gasteiger partial charge < -0.3 is 4.74 Å². The van der Waals surface area contributed by atoms with Crippen molar-refractivity contribution in [1.82, 2.24) is 19.5 Å². The second-order valence-corrected chi connectivity index (χ2v) is 8.45. The van der Waals surface area contributed by atoms with Crippen LogP contribution >= 0.6 is 22.9 Å². The third-order valence-electron chi connectivity index (χ3n) is 4.68. The predicted molar refractivity (Wildman–Crippen MR) is 108 cm³/mol. The first-order chi connectivity index (χ1) is 14.0. The number of nitrogens with zero attached hydrogens (tertiary/aromatic N) is 5. The maximum atomic E-state index is 14.1. The monoisotopic (exact) mass is 439 g/mol. The lowest BCUT2D eigenvalue weighted by Gasteiger charge is -2.27. The smallest absolute Gasteiger partial charge is 0.273 e. The Morgan fingerprint density at radius 2 is 2.10 bits per heavy atom. The van der Waals surface area contributed by atoms with Gasteiger partial charge in [-0.15, -0.1) is 5.10 Å². The van der Waals surface area contributed by atoms with Crippen molar-refractivity contribution < 1.29 is 18.3 Å². The highest BCUT2D eigenvalue weighted by atomic mass is 32.1. The standard InChI is InChI=1S/C18H19F2N5O2S2/c1-11-16(29-23-22-11)17(26)25(4-2-3-24-5-7-27-8-6-24)18-21-15-13(20)9-12(19)10-14(15)28-18/h9-10H,2-8H2,1H3. The van der Waals surface area contributed by atoms with E-state index in [0.29, 0.717) is 46.6 Å². The molecule has 0 spiro atoms. The lowest BCUT2D eigenvalue weighted by Crippen LogP contribution is -2.39. The van der Waals surface area contributed by atoms with Crippen LogP contribution < -0.4 is 4.90 Å². The van der Waals surface area contributed by atoms with Gasteiger partial charge in [0.05, 0.1) is 23.6 Å². The summed E-state index contributed by atoms with van der Waals surface area (Å²) in [6.07, 6.45) is 0.712. The van der Waals surface area contributed by atoms with E-state index >= 15 is 0 Å². The van der Waals surface area contributed by atoms with E-state index in [1.165, 1.54) is 11.0 Å². The Bertz CT molecular complexity index is 1020. The fourth-order valence-corrected chi connectivity index (χ4v) is 4.81. The van der Waals surface area contributed by atoms with Crippen LogP contribution in [-0.2, 0) is 4.74 Å². The Hall–Kier alpha value is -2.08. The third-order valence-corrected chi connectivity index (χ3v) is 6.52. The Morgan fingerprint density at radius 1 is 1.31 bits per heavy atom. The van der Waals surface area contributed by atoms with Crippen molar-refractivity contribution in [3.05, 3.63) is 34.3 Å². The topological polar surface area (TPSA) is 71.5 Å². The van der Waals surface area contributed by atoms with Crippen molar-refractivity contribution in [2.75, 3.05) is 44.3 Å². The number of halogens is 2. The molecule has 29 heavy (non-hydrogen) atoms. The van der Waals surface area contributed by atoms with Gasteiger partial charge in [-0.2, -0.15) is 0 Å². The van der Waals surface area contributed by atoms with Gasteiger partial charge >= 0.3 is 0 Å². The van der Waals surface area contributed by atoms with Gasteiger partial charge in [0.2, 0.25) is 0 Å². The molecule has 1 saturated heterocycles. The van der Waals surface area contributed by atoms with Crippen molar-refractivity contribution in [1.29, 1.82) is 0 Å². The van der Waals surface area contributed by atoms with Crippen LogP contribution in [0.4, 0.5) is 13.9 Å². The van der Waals surface area contributed by atoms with Gasteiger partial charge in [-0.3, -0.25) is 14.6 Å². The molecule has 154 valence electrons. The van der Waals surface area contributed by atoms with Gasteiger partial charge in [0, 0.05) is 32.2 Å². The summed E-state index contributed by atoms with van der Waals surface area (Å²) in [4.78, 5) is 21.7. The average Bonchev–Trinajstić information content (AvgIpc) is 3.32. The molecule has 1 amide bonds. The van der Waals surface area contributed by atoms with E-state index in [2.05, 4.69) is 19.5 Å². The molecule has 11 heteroatoms. The first kappa shape index (κ1) is 20.2. The second kappa shape index (κ2) is 8.74. The van der Waals surface area contributed by atoms with Crippen molar-refractivity contribution in [2.45, 2.75) is 13.3 Å². The molecule has 0 atom stereocenters. The molecule has 0 N–H and O–H groups in total. The number of hydrogen-bond acceptors (Lipinski definition) is 8. The van der Waals surface area contributed by atoms with Crippen LogP contribution in [0.1, 0.15) is 21.8 Å². The Labute approximate surface area is 174 Å². The molecule has 4 rings (SSSR count). The van der Waals surface area contributed by atoms with Crippen LogP contribution in [0.2, 0.25) is 0 Å². The molecule has 1 aliphatic rings. The van der Waals surface area contributed by atoms with E-state index in [1.54, 1.807) is 6.92 Å². The maximum absolute atomic E-state index is 14.1. The van der Waals surface area contributed by atoms with Crippen LogP contribution in [-0.4, -0.2) is 64.8 Å². The molecule has 3 aromatic rings. The van der Waals surface area contributed by atoms with E-state index in [4.69, 9.17) is 4.74 Å². The molecular formula is C18H19F2N5O2S2. The minimum atomic E-state index is -0.737. The van der Waals surface area contributed by atoms with Gasteiger partial charge in [-0.25, -0.2) is 13.8 Å². The highest BCUT2D eigenvalue weighted by Gasteiger charge is 2.26. The number of aryl methyl sites for hydroxylation is 1. The van der Waals surface area contributed by atoms with E-state index in [-0.39, 0.29) is 11.4 Å². The number of rotatable bonds is 6. The number of anilines is 1. The highest BCUT2D eigenvalue weighted by Crippen LogP contribution is 2.32. The van der Waals surface area contributed by atoms with Crippen LogP contribution in [0.25, 0.3) is 10.2 Å². The van der Waals surface area contributed by atoms with Crippen LogP contribution in [0.5, 0.6) is 0 Å². The quantitative estimate of drug-likeness (QED) is 0.588. The zero-order valence-corrected chi connectivity index (χ0v) is 17.4. The van der Waals surface area contributed by atoms with Gasteiger partial charge in [-0.05, 0) is 30.9 Å². The molecule has 2 aromatic heterocycles. The summed E-state index contributed by atoms with van der Waals surface area (Å²) < 4.78 is 37.3. The SMILES string of the molecule is Cc1nnsc1C(=O)N(CCCN1CCOCC1)c1nc2c(F)cc(F)cc2s1. The van der Waals surface area contributed by atoms with Crippen LogP contribution in [0.3, 0.4) is 0 Å². The molecule has 0 aliphatic carbocycles. The summed E-state index contributed by atoms with van der Waals surface area (Å²) >= 11 is 2.11. The molecule has 0 saturated carbocycles. The van der Waals surface area contributed by atoms with E-state index in [1.807, 2.05) is 0 Å². The molecule has 1 aliphatic heterocycles. The zero-order chi connectivity index (χ0) is 20.4. The second-order valence-electron chi connectivity index (χ2n) is 6.68. The van der Waals surface area contributed by atoms with E-state index in [9.17, 15) is 13.6 Å². The number of thiazole rings is 1. The summed E-state index contributed by atoms with van der Waals surface area (Å²) in [5.41, 5.74) is 0.605. The van der Waals surface area contributed by atoms with Crippen molar-refractivity contribution in [3.63, 3.8) is 0 Å². The Kier molecular flexibility index (Phi) is 6.09. The van der Waals surface area contributed by atoms with Crippen LogP contribution in [0.15, 0.2) is 12.1 Å². The molecule has 0 radical (unpaired) electrons. The molecule has 1 fully saturated rings. The van der Waals surface area contributed by atoms with Crippen molar-refractivity contribution >= 4 is 44.1 Å². The average molecular weight is 440 g/mol. The molecule has 0 unspecified atom stereocenters. The van der Waals surface area contributed by atoms with Gasteiger partial charge in [0.15, 0.2) is 10.9 Å². The maximum Gasteiger partial charge on any atom is 0.273 e. The molecular weight excluding hydrogens is 420 g/mol. The number of amides is 1. The molecule has 1 aromatic carbocycles. The van der Waals surface area contributed by atoms with Crippen molar-refractivity contribution in [2.24, 2.45) is 0 Å². The minimum Gasteiger partial charge on any atom is -0.379 e. The zero-order valence-electron chi connectivity index (χ0n) is 15.7. The largest absolute Gasteiger partial charge is 0.379 e. The van der Waals surface area contributed by atoms with Gasteiger partial charge in [0.1, 0.15) is 16.2 Å². The first-order valence-corrected chi connectivity index (χ1v) is 10.8. The fraction of sp³-hybridized carbons (Fsp3) is 0.444. The Balaban J connectivity index is 1.60. The molecule has 3 heterocycles. The number of fused-ring (bicyclic) bond motifs is 1. The van der Waals surface area contributed by atoms with Crippen molar-refractivity contribution in [3.8, 4) is 0 Å². The van der Waals surface area contributed by atoms with Crippen LogP contribution in [0, 0.1) is 18.6 Å². The lowest BCUT2D eigenvalue weighted by molar-refractivity contribution is 0.0376. The number of hydrogen-bond donors (Lipinski definition) is 0. The summed E-state index contributed by atoms with van der Waals surface area (Å²) in [5, 5.41) is 4.25. The number of benzene rings is 1. The lowest BCUT2D eigenvalue weighted by atomic mass is 10.3. The van der Waals surface area contributed by atoms with Gasteiger partial charge in [0.25, 0.3) is 5.91 Å². The summed E-state index contributed by atoms with van der Waals surface area (Å²) in [5.74, 6) is -1.68. The highest BCUT2D eigenvalue weighted by molar-refractivity contribution is 7.22. The summed E-state index contributed by atoms with van der Waals surface area (Å²) in [7, 11) is 0. The van der Waals surface area contributed by atoms with Gasteiger partial charge in [-0.1, -0.05) is 15.8 Å². The summed E-state index contributed by atoms with van der Waals surface area (Å²) in [6, 6.07) is 2.03. The first-order valence-electron chi connectivity index (χ1n) is 9.19. The fourth-order valence-electron chi connectivity index (χ4n) is 3.17.